The molecule has 3 aromatic carbocycles. The van der Waals surface area contributed by atoms with Crippen molar-refractivity contribution in [2.24, 2.45) is 5.10 Å². The molecule has 0 fully saturated rings. The minimum absolute atomic E-state index is 0.105. The van der Waals surface area contributed by atoms with Crippen molar-refractivity contribution in [2.75, 3.05) is 0 Å². The van der Waals surface area contributed by atoms with E-state index in [0.717, 1.165) is 16.3 Å². The average Bonchev–Trinajstić information content (AvgIpc) is 2.61. The van der Waals surface area contributed by atoms with Gasteiger partial charge in [0.15, 0.2) is 0 Å². The third-order valence-electron chi connectivity index (χ3n) is 3.43. The first-order valence-corrected chi connectivity index (χ1v) is 7.41. The normalized spacial score (nSPS) is 10.9. The maximum Gasteiger partial charge on any atom is 0.271 e. The van der Waals surface area contributed by atoms with Gasteiger partial charge in [-0.1, -0.05) is 18.2 Å². The Morgan fingerprint density at radius 1 is 1.04 bits per heavy atom. The third-order valence-corrected chi connectivity index (χ3v) is 3.61. The van der Waals surface area contributed by atoms with Crippen molar-refractivity contribution in [3.63, 3.8) is 0 Å². The van der Waals surface area contributed by atoms with E-state index in [-0.39, 0.29) is 11.7 Å². The van der Waals surface area contributed by atoms with Gasteiger partial charge in [0.05, 0.1) is 6.21 Å². The molecule has 3 rings (SSSR count). The fourth-order valence-corrected chi connectivity index (χ4v) is 2.31. The first-order chi connectivity index (χ1) is 11.7. The molecule has 0 heterocycles. The monoisotopic (exact) mass is 340 g/mol. The molecule has 1 amide bonds. The number of fused-ring (bicyclic) bond motifs is 1. The number of halogens is 1. The maximum absolute atomic E-state index is 11.9. The number of hydrogen-bond donors (Lipinski definition) is 2. The van der Waals surface area contributed by atoms with Gasteiger partial charge in [-0.15, -0.1) is 0 Å². The molecule has 0 atom stereocenters. The molecule has 0 saturated heterocycles. The summed E-state index contributed by atoms with van der Waals surface area (Å²) in [6.07, 6.45) is 1.56. The minimum Gasteiger partial charge on any atom is -0.508 e. The number of benzene rings is 3. The Balaban J connectivity index is 1.71. The summed E-state index contributed by atoms with van der Waals surface area (Å²) in [6.45, 7) is 0. The van der Waals surface area contributed by atoms with Crippen LogP contribution in [0.15, 0.2) is 65.8 Å². The van der Waals surface area contributed by atoms with Crippen LogP contribution in [0.4, 0.5) is 0 Å². The molecule has 0 aliphatic heterocycles. The van der Waals surface area contributed by atoms with Crippen LogP contribution in [0.5, 0.6) is 11.5 Å². The Morgan fingerprint density at radius 3 is 2.50 bits per heavy atom. The lowest BCUT2D eigenvalue weighted by Gasteiger charge is -2.02. The fourth-order valence-electron chi connectivity index (χ4n) is 2.21. The molecule has 24 heavy (non-hydrogen) atoms. The second kappa shape index (κ2) is 7.02. The van der Waals surface area contributed by atoms with E-state index in [2.05, 4.69) is 14.8 Å². The predicted octanol–water partition coefficient (Wildman–Crippen LogP) is 3.84. The number of phenolic OH excluding ortho intramolecular Hbond substituents is 1. The highest BCUT2D eigenvalue weighted by molar-refractivity contribution is 6.09. The quantitative estimate of drug-likeness (QED) is 0.560. The fraction of sp³-hybridized carbons (Fsp3) is 0. The molecule has 0 radical (unpaired) electrons. The lowest BCUT2D eigenvalue weighted by molar-refractivity contribution is 0.0955. The van der Waals surface area contributed by atoms with Gasteiger partial charge in [0, 0.05) is 5.56 Å². The summed E-state index contributed by atoms with van der Waals surface area (Å²) in [5, 5.41) is 15.1. The summed E-state index contributed by atoms with van der Waals surface area (Å²) in [5.74, 6) is 0.330. The maximum atomic E-state index is 11.9. The van der Waals surface area contributed by atoms with E-state index in [0.29, 0.717) is 11.3 Å². The molecular formula is C18H13ClN2O3. The van der Waals surface area contributed by atoms with Crippen molar-refractivity contribution >= 4 is 34.8 Å². The standard InChI is InChI=1S/C18H13ClN2O3/c19-24-17-8-5-14-9-12(1-2-15(14)10-17)11-20-21-18(23)13-3-6-16(22)7-4-13/h1-11,22H,(H,21,23)/b20-11+. The summed E-state index contributed by atoms with van der Waals surface area (Å²) in [5.41, 5.74) is 3.70. The van der Waals surface area contributed by atoms with Gasteiger partial charge in [-0.3, -0.25) is 4.79 Å². The van der Waals surface area contributed by atoms with Crippen LogP contribution in [0.2, 0.25) is 0 Å². The zero-order valence-corrected chi connectivity index (χ0v) is 13.2. The highest BCUT2D eigenvalue weighted by atomic mass is 35.5. The molecular weight excluding hydrogens is 328 g/mol. The van der Waals surface area contributed by atoms with Crippen molar-refractivity contribution < 1.29 is 14.2 Å². The number of amides is 1. The summed E-state index contributed by atoms with van der Waals surface area (Å²) >= 11 is 5.34. The second-order valence-corrected chi connectivity index (χ2v) is 5.25. The summed E-state index contributed by atoms with van der Waals surface area (Å²) in [4.78, 5) is 11.9. The van der Waals surface area contributed by atoms with Gasteiger partial charge in [-0.25, -0.2) is 5.43 Å². The Bertz CT molecular complexity index is 908. The smallest absolute Gasteiger partial charge is 0.271 e. The SMILES string of the molecule is O=C(N/N=C/c1ccc2cc(OCl)ccc2c1)c1ccc(O)cc1. The topological polar surface area (TPSA) is 70.9 Å². The number of carbonyl (C=O) groups excluding carboxylic acids is 1. The first kappa shape index (κ1) is 15.8. The Hall–Kier alpha value is -3.05. The molecule has 2 N–H and O–H groups in total. The number of nitrogens with one attached hydrogen (secondary N) is 1. The molecule has 120 valence electrons. The van der Waals surface area contributed by atoms with E-state index in [1.807, 2.05) is 30.3 Å². The largest absolute Gasteiger partial charge is 0.508 e. The average molecular weight is 341 g/mol. The van der Waals surface area contributed by atoms with Gasteiger partial charge >= 0.3 is 0 Å². The van der Waals surface area contributed by atoms with Gasteiger partial charge < -0.3 is 9.40 Å². The van der Waals surface area contributed by atoms with E-state index in [9.17, 15) is 9.90 Å². The molecule has 0 aromatic heterocycles. The van der Waals surface area contributed by atoms with Crippen LogP contribution in [0.1, 0.15) is 15.9 Å². The second-order valence-electron chi connectivity index (χ2n) is 5.09. The molecule has 0 aliphatic rings. The number of carbonyl (C=O) groups is 1. The number of hydrazone groups is 1. The van der Waals surface area contributed by atoms with Crippen LogP contribution in [-0.4, -0.2) is 17.2 Å². The van der Waals surface area contributed by atoms with Gasteiger partial charge in [-0.2, -0.15) is 5.10 Å². The van der Waals surface area contributed by atoms with Gasteiger partial charge in [0.2, 0.25) is 0 Å². The van der Waals surface area contributed by atoms with Crippen LogP contribution in [0.3, 0.4) is 0 Å². The van der Waals surface area contributed by atoms with Crippen LogP contribution >= 0.6 is 11.9 Å². The van der Waals surface area contributed by atoms with Crippen molar-refractivity contribution in [1.29, 1.82) is 0 Å². The first-order valence-electron chi connectivity index (χ1n) is 7.10. The highest BCUT2D eigenvalue weighted by Gasteiger charge is 2.03. The van der Waals surface area contributed by atoms with Crippen molar-refractivity contribution in [2.45, 2.75) is 0 Å². The molecule has 0 aliphatic carbocycles. The van der Waals surface area contributed by atoms with Crippen molar-refractivity contribution in [3.8, 4) is 11.5 Å². The molecule has 0 saturated carbocycles. The Morgan fingerprint density at radius 2 is 1.75 bits per heavy atom. The third kappa shape index (κ3) is 3.64. The molecule has 3 aromatic rings. The van der Waals surface area contributed by atoms with Crippen LogP contribution < -0.4 is 9.72 Å². The number of aromatic hydroxyl groups is 1. The zero-order valence-electron chi connectivity index (χ0n) is 12.4. The summed E-state index contributed by atoms with van der Waals surface area (Å²) in [7, 11) is 0. The van der Waals surface area contributed by atoms with Gasteiger partial charge in [-0.05, 0) is 58.8 Å². The van der Waals surface area contributed by atoms with E-state index in [4.69, 9.17) is 11.9 Å². The van der Waals surface area contributed by atoms with E-state index in [1.165, 1.54) is 24.3 Å². The molecule has 5 nitrogen and oxygen atoms in total. The summed E-state index contributed by atoms with van der Waals surface area (Å²) in [6, 6.07) is 17.1. The molecule has 0 spiro atoms. The Labute approximate surface area is 143 Å². The highest BCUT2D eigenvalue weighted by Crippen LogP contribution is 2.22. The zero-order chi connectivity index (χ0) is 16.9. The predicted molar refractivity (Wildman–Crippen MR) is 93.6 cm³/mol. The van der Waals surface area contributed by atoms with E-state index in [1.54, 1.807) is 12.3 Å². The summed E-state index contributed by atoms with van der Waals surface area (Å²) < 4.78 is 4.68. The molecule has 6 heteroatoms. The number of nitrogens with zero attached hydrogens (tertiary/aromatic N) is 1. The molecule has 0 bridgehead atoms. The van der Waals surface area contributed by atoms with Crippen LogP contribution in [0, 0.1) is 0 Å². The number of rotatable bonds is 4. The van der Waals surface area contributed by atoms with E-state index < -0.39 is 0 Å². The lowest BCUT2D eigenvalue weighted by atomic mass is 10.1. The number of phenols is 1. The van der Waals surface area contributed by atoms with Gasteiger partial charge in [0.25, 0.3) is 5.91 Å². The van der Waals surface area contributed by atoms with Crippen LogP contribution in [-0.2, 0) is 0 Å². The minimum atomic E-state index is -0.351. The lowest BCUT2D eigenvalue weighted by Crippen LogP contribution is -2.17. The van der Waals surface area contributed by atoms with Crippen molar-refractivity contribution in [3.05, 3.63) is 71.8 Å². The number of hydrogen-bond acceptors (Lipinski definition) is 4. The Kier molecular flexibility index (Phi) is 4.63. The van der Waals surface area contributed by atoms with Crippen LogP contribution in [0.25, 0.3) is 10.8 Å². The van der Waals surface area contributed by atoms with E-state index >= 15 is 0 Å². The van der Waals surface area contributed by atoms with Gasteiger partial charge in [0.1, 0.15) is 23.4 Å². The molecule has 0 unspecified atom stereocenters. The van der Waals surface area contributed by atoms with Crippen molar-refractivity contribution in [1.82, 2.24) is 5.43 Å².